The van der Waals surface area contributed by atoms with Crippen LogP contribution in [0.25, 0.3) is 11.5 Å². The van der Waals surface area contributed by atoms with Gasteiger partial charge in [-0.25, -0.2) is 5.84 Å². The van der Waals surface area contributed by atoms with Gasteiger partial charge in [0.15, 0.2) is 0 Å². The minimum Gasteiger partial charge on any atom is -0.423 e. The predicted molar refractivity (Wildman–Crippen MR) is 113 cm³/mol. The number of aromatic nitrogens is 2. The van der Waals surface area contributed by atoms with Gasteiger partial charge in [0.2, 0.25) is 12.3 Å². The maximum Gasteiger partial charge on any atom is 0.416 e. The summed E-state index contributed by atoms with van der Waals surface area (Å²) in [4.78, 5) is 10.9. The standard InChI is InChI=1S/C9H5F3N2O.C8H7F3N2O.C4H10O3/c10-9(11,12)7-3-1-6(2-4-7)8-14-13-5-15-8;9-8(10,11)6-3-1-5(2-4-6)7(14)13-12;1-5-4(6-2)7-3/h1-5H;1-4H,12H2,(H,13,14);4H,1-3H3. The summed E-state index contributed by atoms with van der Waals surface area (Å²) >= 11 is 0. The normalized spacial score (nSPS) is 11.2. The minimum absolute atomic E-state index is 0.0838. The molecule has 0 aliphatic heterocycles. The van der Waals surface area contributed by atoms with Crippen LogP contribution in [-0.2, 0) is 26.6 Å². The third kappa shape index (κ3) is 9.99. The fraction of sp³-hybridized carbons (Fsp3) is 0.286. The number of ether oxygens (including phenoxy) is 3. The highest BCUT2D eigenvalue weighted by molar-refractivity contribution is 5.93. The minimum atomic E-state index is -4.39. The Balaban J connectivity index is 0.000000289. The summed E-state index contributed by atoms with van der Waals surface area (Å²) in [6, 6.07) is 8.29. The summed E-state index contributed by atoms with van der Waals surface area (Å²) in [6.07, 6.45) is -7.60. The summed E-state index contributed by atoms with van der Waals surface area (Å²) in [6.45, 7) is -0.514. The molecule has 0 radical (unpaired) electrons. The van der Waals surface area contributed by atoms with Crippen molar-refractivity contribution in [2.75, 3.05) is 21.3 Å². The van der Waals surface area contributed by atoms with Crippen LogP contribution in [0.3, 0.4) is 0 Å². The van der Waals surface area contributed by atoms with E-state index in [-0.39, 0.29) is 11.5 Å². The number of amides is 1. The number of hydrogen-bond acceptors (Lipinski definition) is 8. The van der Waals surface area contributed by atoms with Crippen molar-refractivity contribution >= 4 is 5.91 Å². The number of nitrogen functional groups attached to an aromatic ring is 1. The number of rotatable bonds is 5. The molecular weight excluding hydrogens is 502 g/mol. The number of nitrogens with two attached hydrogens (primary N) is 1. The Bertz CT molecular complexity index is 1020. The molecule has 1 heterocycles. The monoisotopic (exact) mass is 524 g/mol. The van der Waals surface area contributed by atoms with Crippen molar-refractivity contribution in [3.8, 4) is 11.5 Å². The molecule has 0 aliphatic rings. The lowest BCUT2D eigenvalue weighted by Crippen LogP contribution is -2.29. The summed E-state index contributed by atoms with van der Waals surface area (Å²) in [5.41, 5.74) is 0.859. The molecule has 0 unspecified atom stereocenters. The molecule has 36 heavy (non-hydrogen) atoms. The van der Waals surface area contributed by atoms with Crippen molar-refractivity contribution in [3.05, 3.63) is 71.6 Å². The van der Waals surface area contributed by atoms with Crippen LogP contribution in [0.4, 0.5) is 26.3 Å². The van der Waals surface area contributed by atoms with Gasteiger partial charge in [0, 0.05) is 32.5 Å². The zero-order chi connectivity index (χ0) is 27.4. The molecule has 0 saturated carbocycles. The Morgan fingerprint density at radius 1 is 0.861 bits per heavy atom. The van der Waals surface area contributed by atoms with Gasteiger partial charge >= 0.3 is 12.4 Å². The lowest BCUT2D eigenvalue weighted by molar-refractivity contribution is -0.252. The van der Waals surface area contributed by atoms with Gasteiger partial charge in [-0.05, 0) is 48.5 Å². The Hall–Kier alpha value is -3.53. The molecule has 0 fully saturated rings. The number of hydrogen-bond donors (Lipinski definition) is 2. The molecule has 0 atom stereocenters. The molecule has 0 bridgehead atoms. The van der Waals surface area contributed by atoms with Crippen LogP contribution in [-0.4, -0.2) is 43.9 Å². The van der Waals surface area contributed by atoms with Crippen molar-refractivity contribution in [1.29, 1.82) is 0 Å². The molecule has 0 spiro atoms. The van der Waals surface area contributed by atoms with E-state index < -0.39 is 35.9 Å². The van der Waals surface area contributed by atoms with Crippen LogP contribution in [0.5, 0.6) is 0 Å². The maximum absolute atomic E-state index is 12.2. The molecule has 2 aromatic carbocycles. The quantitative estimate of drug-likeness (QED) is 0.167. The second kappa shape index (κ2) is 14.1. The van der Waals surface area contributed by atoms with Crippen molar-refractivity contribution in [2.24, 2.45) is 5.84 Å². The molecule has 198 valence electrons. The number of nitrogens with one attached hydrogen (secondary N) is 1. The number of carbonyl (C=O) groups excluding carboxylic acids is 1. The summed E-state index contributed by atoms with van der Waals surface area (Å²) in [5, 5.41) is 7.01. The fourth-order valence-electron chi connectivity index (χ4n) is 2.28. The third-order valence-corrected chi connectivity index (χ3v) is 4.00. The summed E-state index contributed by atoms with van der Waals surface area (Å²) in [5.74, 6) is 4.38. The van der Waals surface area contributed by atoms with Gasteiger partial charge in [-0.3, -0.25) is 10.2 Å². The third-order valence-electron chi connectivity index (χ3n) is 4.00. The second-order valence-corrected chi connectivity index (χ2v) is 6.36. The van der Waals surface area contributed by atoms with Gasteiger partial charge in [-0.1, -0.05) is 0 Å². The van der Waals surface area contributed by atoms with Crippen molar-refractivity contribution in [3.63, 3.8) is 0 Å². The number of halogens is 6. The Kier molecular flexibility index (Phi) is 12.0. The zero-order valence-electron chi connectivity index (χ0n) is 19.1. The Morgan fingerprint density at radius 3 is 1.61 bits per heavy atom. The Labute approximate surface area is 201 Å². The number of nitrogens with zero attached hydrogens (tertiary/aromatic N) is 2. The van der Waals surface area contributed by atoms with Crippen LogP contribution < -0.4 is 11.3 Å². The number of benzene rings is 2. The van der Waals surface area contributed by atoms with Gasteiger partial charge < -0.3 is 18.6 Å². The molecule has 3 aromatic rings. The average molecular weight is 524 g/mol. The van der Waals surface area contributed by atoms with E-state index in [9.17, 15) is 31.1 Å². The van der Waals surface area contributed by atoms with E-state index in [4.69, 9.17) is 10.3 Å². The first-order chi connectivity index (χ1) is 16.9. The molecule has 9 nitrogen and oxygen atoms in total. The molecule has 3 rings (SSSR count). The first-order valence-electron chi connectivity index (χ1n) is 9.57. The lowest BCUT2D eigenvalue weighted by atomic mass is 10.1. The van der Waals surface area contributed by atoms with E-state index in [0.717, 1.165) is 42.8 Å². The first kappa shape index (κ1) is 30.5. The SMILES string of the molecule is COC(OC)OC.FC(F)(F)c1ccc(-c2nnco2)cc1.NNC(=O)c1ccc(C(F)(F)F)cc1. The van der Waals surface area contributed by atoms with Gasteiger partial charge in [0.25, 0.3) is 12.4 Å². The van der Waals surface area contributed by atoms with Crippen molar-refractivity contribution < 1.29 is 49.8 Å². The first-order valence-corrected chi connectivity index (χ1v) is 9.57. The number of carbonyl (C=O) groups is 1. The van der Waals surface area contributed by atoms with Crippen molar-refractivity contribution in [1.82, 2.24) is 15.6 Å². The Morgan fingerprint density at radius 2 is 1.31 bits per heavy atom. The fourth-order valence-corrected chi connectivity index (χ4v) is 2.28. The largest absolute Gasteiger partial charge is 0.423 e. The average Bonchev–Trinajstić information content (AvgIpc) is 3.40. The van der Waals surface area contributed by atoms with E-state index in [0.29, 0.717) is 5.56 Å². The molecule has 0 saturated heterocycles. The highest BCUT2D eigenvalue weighted by Gasteiger charge is 2.30. The maximum atomic E-state index is 12.2. The van der Waals surface area contributed by atoms with Crippen molar-refractivity contribution in [2.45, 2.75) is 18.8 Å². The van der Waals surface area contributed by atoms with Gasteiger partial charge in [0.1, 0.15) is 0 Å². The van der Waals surface area contributed by atoms with Crippen LogP contribution in [0, 0.1) is 0 Å². The predicted octanol–water partition coefficient (Wildman–Crippen LogP) is 4.27. The molecule has 3 N–H and O–H groups in total. The van der Waals surface area contributed by atoms with Crippen LogP contribution in [0.15, 0.2) is 59.3 Å². The van der Waals surface area contributed by atoms with Crippen LogP contribution in [0.2, 0.25) is 0 Å². The molecule has 1 amide bonds. The number of alkyl halides is 6. The van der Waals surface area contributed by atoms with E-state index in [2.05, 4.69) is 24.4 Å². The number of methoxy groups -OCH3 is 3. The van der Waals surface area contributed by atoms with Crippen LogP contribution >= 0.6 is 0 Å². The van der Waals surface area contributed by atoms with Gasteiger partial charge in [-0.15, -0.1) is 10.2 Å². The van der Waals surface area contributed by atoms with E-state index >= 15 is 0 Å². The van der Waals surface area contributed by atoms with E-state index in [1.165, 1.54) is 33.5 Å². The zero-order valence-corrected chi connectivity index (χ0v) is 19.1. The molecule has 15 heteroatoms. The molecular formula is C21H22F6N4O5. The van der Waals surface area contributed by atoms with E-state index in [1.54, 1.807) is 0 Å². The highest BCUT2D eigenvalue weighted by Crippen LogP contribution is 2.30. The summed E-state index contributed by atoms with van der Waals surface area (Å²) in [7, 11) is 4.53. The van der Waals surface area contributed by atoms with Gasteiger partial charge in [-0.2, -0.15) is 26.3 Å². The molecule has 1 aromatic heterocycles. The summed E-state index contributed by atoms with van der Waals surface area (Å²) < 4.78 is 91.5. The van der Waals surface area contributed by atoms with Crippen LogP contribution in [0.1, 0.15) is 21.5 Å². The smallest absolute Gasteiger partial charge is 0.416 e. The lowest BCUT2D eigenvalue weighted by Gasteiger charge is -2.08. The topological polar surface area (TPSA) is 122 Å². The van der Waals surface area contributed by atoms with Gasteiger partial charge in [0.05, 0.1) is 11.1 Å². The second-order valence-electron chi connectivity index (χ2n) is 6.36. The highest BCUT2D eigenvalue weighted by atomic mass is 19.4. The van der Waals surface area contributed by atoms with E-state index in [1.807, 2.05) is 5.43 Å². The molecule has 0 aliphatic carbocycles. The number of hydrazine groups is 1.